The minimum atomic E-state index is -0.814. The Balaban J connectivity index is 1.53. The minimum absolute atomic E-state index is 0.0587. The number of hydrazine groups is 1. The smallest absolute Gasteiger partial charge is 0.407 e. The molecule has 2 saturated heterocycles. The summed E-state index contributed by atoms with van der Waals surface area (Å²) in [6, 6.07) is 14.0. The third-order valence-electron chi connectivity index (χ3n) is 7.81. The fourth-order valence-electron chi connectivity index (χ4n) is 5.61. The molecule has 5 amide bonds. The molecule has 0 spiro atoms. The van der Waals surface area contributed by atoms with Crippen LogP contribution in [0.5, 0.6) is 11.5 Å². The van der Waals surface area contributed by atoms with Crippen LogP contribution in [0.25, 0.3) is 0 Å². The summed E-state index contributed by atoms with van der Waals surface area (Å²) in [7, 11) is 4.83. The van der Waals surface area contributed by atoms with Crippen molar-refractivity contribution in [3.8, 4) is 11.5 Å². The lowest BCUT2D eigenvalue weighted by molar-refractivity contribution is -0.187. The maximum Gasteiger partial charge on any atom is 0.407 e. The van der Waals surface area contributed by atoms with E-state index < -0.39 is 18.3 Å². The van der Waals surface area contributed by atoms with Crippen LogP contribution in [-0.4, -0.2) is 110 Å². The van der Waals surface area contributed by atoms with E-state index in [2.05, 4.69) is 17.2 Å². The number of rotatable bonds is 13. The number of amides is 5. The summed E-state index contributed by atoms with van der Waals surface area (Å²) in [5, 5.41) is 8.74. The molecular formula is C32H42N6O7. The van der Waals surface area contributed by atoms with E-state index in [1.807, 2.05) is 48.5 Å². The zero-order valence-electron chi connectivity index (χ0n) is 26.1. The third kappa shape index (κ3) is 8.24. The summed E-state index contributed by atoms with van der Waals surface area (Å²) >= 11 is 0. The molecular weight excluding hydrogens is 580 g/mol. The number of carbonyl (C=O) groups is 4. The van der Waals surface area contributed by atoms with Gasteiger partial charge in [-0.15, -0.1) is 0 Å². The predicted octanol–water partition coefficient (Wildman–Crippen LogP) is 2.38. The van der Waals surface area contributed by atoms with Crippen LogP contribution in [0, 0.1) is 0 Å². The Morgan fingerprint density at radius 3 is 2.49 bits per heavy atom. The summed E-state index contributed by atoms with van der Waals surface area (Å²) in [5.41, 5.74) is 1.88. The number of urea groups is 1. The Bertz CT molecular complexity index is 1360. The summed E-state index contributed by atoms with van der Waals surface area (Å²) in [5.74, 6) is 0.743. The molecule has 13 heteroatoms. The number of hydrogen-bond acceptors (Lipinski definition) is 8. The molecule has 2 aromatic carbocycles. The molecule has 0 radical (unpaired) electrons. The number of alkyl carbamates (subject to hydrolysis) is 1. The third-order valence-corrected chi connectivity index (χ3v) is 7.81. The van der Waals surface area contributed by atoms with Crippen LogP contribution in [0.1, 0.15) is 24.0 Å². The highest BCUT2D eigenvalue weighted by Crippen LogP contribution is 2.30. The van der Waals surface area contributed by atoms with E-state index in [0.717, 1.165) is 11.1 Å². The monoisotopic (exact) mass is 622 g/mol. The maximum absolute atomic E-state index is 13.9. The maximum atomic E-state index is 13.9. The molecule has 2 N–H and O–H groups in total. The van der Waals surface area contributed by atoms with Gasteiger partial charge in [-0.1, -0.05) is 49.1 Å². The molecule has 0 aromatic heterocycles. The second-order valence-electron chi connectivity index (χ2n) is 10.8. The number of methoxy groups -OCH3 is 2. The number of carbonyl (C=O) groups excluding carboxylic acids is 4. The molecule has 242 valence electrons. The SMILES string of the molecule is C=CCOC(=O)NCCC[C@H]1C(=O)N(CCc2ccc(OC)c(OC)c2)C[C@H]2N1C(=O)CN(C)N2C(=O)NCc1ccccc1. The van der Waals surface area contributed by atoms with E-state index in [0.29, 0.717) is 43.9 Å². The van der Waals surface area contributed by atoms with Gasteiger partial charge in [-0.05, 0) is 42.5 Å². The minimum Gasteiger partial charge on any atom is -0.493 e. The quantitative estimate of drug-likeness (QED) is 0.257. The second-order valence-corrected chi connectivity index (χ2v) is 10.8. The van der Waals surface area contributed by atoms with Crippen LogP contribution in [-0.2, 0) is 27.3 Å². The lowest BCUT2D eigenvalue weighted by atomic mass is 10.0. The number of benzene rings is 2. The van der Waals surface area contributed by atoms with Crippen LogP contribution >= 0.6 is 0 Å². The molecule has 0 aliphatic carbocycles. The highest BCUT2D eigenvalue weighted by Gasteiger charge is 2.50. The van der Waals surface area contributed by atoms with Crippen molar-refractivity contribution in [3.05, 3.63) is 72.3 Å². The van der Waals surface area contributed by atoms with Gasteiger partial charge in [-0.3, -0.25) is 9.59 Å². The summed E-state index contributed by atoms with van der Waals surface area (Å²) in [4.78, 5) is 56.1. The lowest BCUT2D eigenvalue weighted by Gasteiger charge is -2.54. The van der Waals surface area contributed by atoms with Crippen molar-refractivity contribution in [2.24, 2.45) is 0 Å². The Morgan fingerprint density at radius 1 is 1.02 bits per heavy atom. The number of piperazine rings is 1. The highest BCUT2D eigenvalue weighted by molar-refractivity contribution is 5.91. The van der Waals surface area contributed by atoms with E-state index in [9.17, 15) is 19.2 Å². The van der Waals surface area contributed by atoms with Crippen molar-refractivity contribution in [3.63, 3.8) is 0 Å². The van der Waals surface area contributed by atoms with Crippen molar-refractivity contribution in [2.45, 2.75) is 38.0 Å². The van der Waals surface area contributed by atoms with Gasteiger partial charge in [-0.25, -0.2) is 19.6 Å². The molecule has 4 rings (SSSR count). The van der Waals surface area contributed by atoms with E-state index in [4.69, 9.17) is 14.2 Å². The first kappa shape index (κ1) is 33.1. The number of fused-ring (bicyclic) bond motifs is 1. The van der Waals surface area contributed by atoms with E-state index in [1.165, 1.54) is 16.0 Å². The Labute approximate surface area is 263 Å². The standard InChI is InChI=1S/C32H42N6O7/c1-5-18-45-32(42)33-16-9-12-25-30(40)36(17-15-23-13-14-26(43-3)27(19-23)44-4)21-28-37(25)29(39)22-35(2)38(28)31(41)34-20-24-10-7-6-8-11-24/h5-8,10-11,13-14,19,25,28H,1,9,12,15-18,20-22H2,2-4H3,(H,33,42)(H,34,41)/t25-,28-/m0/s1. The van der Waals surface area contributed by atoms with Gasteiger partial charge < -0.3 is 34.6 Å². The van der Waals surface area contributed by atoms with Gasteiger partial charge in [0.2, 0.25) is 11.8 Å². The first-order chi connectivity index (χ1) is 21.8. The van der Waals surface area contributed by atoms with Gasteiger partial charge in [0.25, 0.3) is 0 Å². The lowest BCUT2D eigenvalue weighted by Crippen LogP contribution is -2.76. The predicted molar refractivity (Wildman–Crippen MR) is 166 cm³/mol. The fraction of sp³-hybridized carbons (Fsp3) is 0.438. The summed E-state index contributed by atoms with van der Waals surface area (Å²) in [6.45, 7) is 4.61. The Hall–Kier alpha value is -4.78. The average Bonchev–Trinajstić information content (AvgIpc) is 3.04. The van der Waals surface area contributed by atoms with Crippen molar-refractivity contribution >= 4 is 23.9 Å². The molecule has 2 aliphatic heterocycles. The molecule has 45 heavy (non-hydrogen) atoms. The van der Waals surface area contributed by atoms with E-state index in [-0.39, 0.29) is 44.1 Å². The zero-order valence-corrected chi connectivity index (χ0v) is 26.1. The van der Waals surface area contributed by atoms with Gasteiger partial charge in [0.05, 0.1) is 27.3 Å². The molecule has 0 bridgehead atoms. The van der Waals surface area contributed by atoms with Crippen molar-refractivity contribution in [1.82, 2.24) is 30.5 Å². The van der Waals surface area contributed by atoms with Crippen LogP contribution in [0.15, 0.2) is 61.2 Å². The van der Waals surface area contributed by atoms with Crippen LogP contribution in [0.4, 0.5) is 9.59 Å². The molecule has 2 aliphatic rings. The average molecular weight is 623 g/mol. The van der Waals surface area contributed by atoms with Crippen molar-refractivity contribution in [2.75, 3.05) is 54.1 Å². The molecule has 2 fully saturated rings. The highest BCUT2D eigenvalue weighted by atomic mass is 16.5. The Morgan fingerprint density at radius 2 is 1.78 bits per heavy atom. The Kier molecular flexibility index (Phi) is 11.6. The van der Waals surface area contributed by atoms with Gasteiger partial charge in [0.1, 0.15) is 18.8 Å². The number of likely N-dealkylation sites (N-methyl/N-ethyl adjacent to an activating group) is 1. The largest absolute Gasteiger partial charge is 0.493 e. The summed E-state index contributed by atoms with van der Waals surface area (Å²) < 4.78 is 15.7. The topological polar surface area (TPSA) is 133 Å². The molecule has 13 nitrogen and oxygen atoms in total. The molecule has 0 saturated carbocycles. The number of nitrogens with zero attached hydrogens (tertiary/aromatic N) is 4. The normalized spacial score (nSPS) is 18.2. The van der Waals surface area contributed by atoms with Gasteiger partial charge in [0, 0.05) is 26.7 Å². The van der Waals surface area contributed by atoms with Crippen molar-refractivity contribution < 1.29 is 33.4 Å². The number of nitrogens with one attached hydrogen (secondary N) is 2. The molecule has 2 aromatic rings. The fourth-order valence-corrected chi connectivity index (χ4v) is 5.61. The first-order valence-corrected chi connectivity index (χ1v) is 14.9. The van der Waals surface area contributed by atoms with Crippen molar-refractivity contribution in [1.29, 1.82) is 0 Å². The van der Waals surface area contributed by atoms with Gasteiger partial charge in [-0.2, -0.15) is 0 Å². The second kappa shape index (κ2) is 15.8. The molecule has 2 heterocycles. The summed E-state index contributed by atoms with van der Waals surface area (Å²) in [6.07, 6.45) is 1.39. The van der Waals surface area contributed by atoms with Crippen LogP contribution in [0.2, 0.25) is 0 Å². The molecule has 2 atom stereocenters. The van der Waals surface area contributed by atoms with E-state index >= 15 is 0 Å². The zero-order chi connectivity index (χ0) is 32.3. The van der Waals surface area contributed by atoms with E-state index in [1.54, 1.807) is 31.2 Å². The van der Waals surface area contributed by atoms with Gasteiger partial charge >= 0.3 is 12.1 Å². The van der Waals surface area contributed by atoms with Gasteiger partial charge in [0.15, 0.2) is 11.5 Å². The molecule has 0 unspecified atom stereocenters. The first-order valence-electron chi connectivity index (χ1n) is 14.9. The number of hydrogen-bond donors (Lipinski definition) is 2. The van der Waals surface area contributed by atoms with Crippen LogP contribution in [0.3, 0.4) is 0 Å². The van der Waals surface area contributed by atoms with Crippen LogP contribution < -0.4 is 20.1 Å². The number of ether oxygens (including phenoxy) is 3.